The number of anilines is 1. The van der Waals surface area contributed by atoms with E-state index in [-0.39, 0.29) is 31.4 Å². The molecule has 1 aliphatic heterocycles. The number of benzene rings is 1. The molecule has 6 bridgehead atoms. The van der Waals surface area contributed by atoms with Crippen molar-refractivity contribution in [2.24, 2.45) is 0 Å². The molecule has 1 unspecified atom stereocenters. The number of rotatable bonds is 3. The smallest absolute Gasteiger partial charge is 0.421 e. The van der Waals surface area contributed by atoms with Gasteiger partial charge >= 0.3 is 12.4 Å². The molecule has 2 aromatic heterocycles. The molecule has 3 aromatic rings. The van der Waals surface area contributed by atoms with E-state index in [1.165, 1.54) is 6.07 Å². The molecule has 7 nitrogen and oxygen atoms in total. The SMILES string of the molecule is Nc1cc(C(F)(F)F)c2nc1-c1nnc(o1)C(CCCO)(C(F)(F)F)CCCCc1cc(F)cc(c1)O2. The Morgan fingerprint density at radius 3 is 2.46 bits per heavy atom. The van der Waals surface area contributed by atoms with E-state index in [0.29, 0.717) is 11.6 Å². The lowest BCUT2D eigenvalue weighted by Gasteiger charge is -2.32. The Labute approximate surface area is 205 Å². The summed E-state index contributed by atoms with van der Waals surface area (Å²) in [6.45, 7) is -0.529. The maximum absolute atomic E-state index is 14.5. The first kappa shape index (κ1) is 26.6. The predicted octanol–water partition coefficient (Wildman–Crippen LogP) is 5.96. The van der Waals surface area contributed by atoms with Crippen LogP contribution in [0, 0.1) is 5.82 Å². The van der Waals surface area contributed by atoms with Gasteiger partial charge in [0.25, 0.3) is 5.89 Å². The van der Waals surface area contributed by atoms with Gasteiger partial charge in [-0.3, -0.25) is 0 Å². The molecule has 0 spiro atoms. The highest BCUT2D eigenvalue weighted by Gasteiger charge is 2.58. The fraction of sp³-hybridized carbons (Fsp3) is 0.435. The van der Waals surface area contributed by atoms with Crippen LogP contribution in [0.4, 0.5) is 36.4 Å². The van der Waals surface area contributed by atoms with Crippen LogP contribution in [0.25, 0.3) is 11.6 Å². The molecule has 0 saturated carbocycles. The predicted molar refractivity (Wildman–Crippen MR) is 115 cm³/mol. The van der Waals surface area contributed by atoms with Crippen molar-refractivity contribution in [2.75, 3.05) is 12.3 Å². The Hall–Kier alpha value is -3.42. The van der Waals surface area contributed by atoms with E-state index >= 15 is 0 Å². The average molecular weight is 534 g/mol. The van der Waals surface area contributed by atoms with E-state index in [9.17, 15) is 35.8 Å². The Kier molecular flexibility index (Phi) is 7.06. The van der Waals surface area contributed by atoms with Gasteiger partial charge in [0.1, 0.15) is 22.5 Å². The summed E-state index contributed by atoms with van der Waals surface area (Å²) in [5.41, 5.74) is 0.882. The van der Waals surface area contributed by atoms with Crippen LogP contribution < -0.4 is 10.5 Å². The van der Waals surface area contributed by atoms with Crippen LogP contribution in [0.1, 0.15) is 49.1 Å². The molecule has 0 radical (unpaired) electrons. The summed E-state index contributed by atoms with van der Waals surface area (Å²) in [7, 11) is 0. The molecule has 1 aliphatic rings. The number of fused-ring (bicyclic) bond motifs is 7. The van der Waals surface area contributed by atoms with Gasteiger partial charge in [-0.2, -0.15) is 26.3 Å². The number of pyridine rings is 1. The number of ether oxygens (including phenoxy) is 1. The number of hydrogen-bond donors (Lipinski definition) is 2. The number of nitrogens with two attached hydrogens (primary N) is 1. The molecule has 0 fully saturated rings. The van der Waals surface area contributed by atoms with Crippen LogP contribution in [0.15, 0.2) is 28.7 Å². The van der Waals surface area contributed by atoms with Gasteiger partial charge in [0.2, 0.25) is 11.8 Å². The molecule has 4 rings (SSSR count). The number of aromatic nitrogens is 3. The normalized spacial score (nSPS) is 18.6. The van der Waals surface area contributed by atoms with Crippen molar-refractivity contribution < 1.29 is 45.0 Å². The maximum atomic E-state index is 14.5. The molecule has 3 N–H and O–H groups in total. The topological polar surface area (TPSA) is 107 Å². The zero-order valence-electron chi connectivity index (χ0n) is 19.1. The zero-order chi connectivity index (χ0) is 27.0. The van der Waals surface area contributed by atoms with E-state index in [1.54, 1.807) is 0 Å². The second-order valence-electron chi connectivity index (χ2n) is 8.70. The number of nitrogens with zero attached hydrogens (tertiary/aromatic N) is 3. The molecule has 200 valence electrons. The minimum atomic E-state index is -4.98. The molecule has 0 saturated heterocycles. The summed E-state index contributed by atoms with van der Waals surface area (Å²) in [5, 5.41) is 16.4. The fourth-order valence-corrected chi connectivity index (χ4v) is 4.29. The van der Waals surface area contributed by atoms with Crippen molar-refractivity contribution in [2.45, 2.75) is 56.3 Å². The Bertz CT molecular complexity index is 1280. The summed E-state index contributed by atoms with van der Waals surface area (Å²) in [5.74, 6) is -3.61. The van der Waals surface area contributed by atoms with E-state index < -0.39 is 77.6 Å². The lowest BCUT2D eigenvalue weighted by molar-refractivity contribution is -0.202. The van der Waals surface area contributed by atoms with Crippen LogP contribution >= 0.6 is 0 Å². The molecule has 0 amide bonds. The van der Waals surface area contributed by atoms with Gasteiger partial charge in [-0.05, 0) is 55.9 Å². The summed E-state index contributed by atoms with van der Waals surface area (Å²) >= 11 is 0. The quantitative estimate of drug-likeness (QED) is 0.399. The van der Waals surface area contributed by atoms with Crippen molar-refractivity contribution in [3.05, 3.63) is 47.1 Å². The molecular formula is C23H21F7N4O3. The van der Waals surface area contributed by atoms with Crippen LogP contribution in [0.3, 0.4) is 0 Å². The fourth-order valence-electron chi connectivity index (χ4n) is 4.29. The highest BCUT2D eigenvalue weighted by molar-refractivity contribution is 5.68. The first-order valence-corrected chi connectivity index (χ1v) is 11.2. The summed E-state index contributed by atoms with van der Waals surface area (Å²) in [6, 6.07) is 3.73. The summed E-state index contributed by atoms with van der Waals surface area (Å²) in [6.07, 6.45) is -10.9. The van der Waals surface area contributed by atoms with Crippen LogP contribution in [0.5, 0.6) is 11.6 Å². The lowest BCUT2D eigenvalue weighted by atomic mass is 9.77. The van der Waals surface area contributed by atoms with Crippen molar-refractivity contribution in [3.63, 3.8) is 0 Å². The average Bonchev–Trinajstić information content (AvgIpc) is 3.27. The second kappa shape index (κ2) is 9.80. The van der Waals surface area contributed by atoms with Crippen molar-refractivity contribution in [3.8, 4) is 23.2 Å². The van der Waals surface area contributed by atoms with Crippen LogP contribution in [-0.4, -0.2) is 33.1 Å². The molecule has 37 heavy (non-hydrogen) atoms. The number of aryl methyl sites for hydroxylation is 1. The third-order valence-electron chi connectivity index (χ3n) is 6.13. The Morgan fingerprint density at radius 2 is 1.78 bits per heavy atom. The molecule has 1 aromatic carbocycles. The van der Waals surface area contributed by atoms with Gasteiger partial charge in [-0.15, -0.1) is 10.2 Å². The van der Waals surface area contributed by atoms with E-state index in [1.807, 2.05) is 0 Å². The minimum absolute atomic E-state index is 0.00170. The van der Waals surface area contributed by atoms with Gasteiger partial charge in [0.05, 0.1) is 5.69 Å². The second-order valence-corrected chi connectivity index (χ2v) is 8.70. The molecule has 14 heteroatoms. The first-order valence-electron chi connectivity index (χ1n) is 11.2. The summed E-state index contributed by atoms with van der Waals surface area (Å²) < 4.78 is 110. The Balaban J connectivity index is 1.94. The van der Waals surface area contributed by atoms with Crippen LogP contribution in [-0.2, 0) is 18.0 Å². The molecule has 0 aliphatic carbocycles. The van der Waals surface area contributed by atoms with Gasteiger partial charge < -0.3 is 20.0 Å². The molecular weight excluding hydrogens is 513 g/mol. The van der Waals surface area contributed by atoms with Crippen LogP contribution in [0.2, 0.25) is 0 Å². The first-order chi connectivity index (χ1) is 17.3. The third-order valence-corrected chi connectivity index (χ3v) is 6.13. The van der Waals surface area contributed by atoms with Gasteiger partial charge in [0.15, 0.2) is 5.69 Å². The van der Waals surface area contributed by atoms with Gasteiger partial charge in [0, 0.05) is 12.7 Å². The van der Waals surface area contributed by atoms with E-state index in [4.69, 9.17) is 14.9 Å². The molecule has 1 atom stereocenters. The summed E-state index contributed by atoms with van der Waals surface area (Å²) in [4.78, 5) is 3.74. The number of aliphatic hydroxyl groups excluding tert-OH is 1. The third kappa shape index (κ3) is 5.33. The number of nitrogen functional groups attached to an aromatic ring is 1. The lowest BCUT2D eigenvalue weighted by Crippen LogP contribution is -2.43. The zero-order valence-corrected chi connectivity index (χ0v) is 19.1. The van der Waals surface area contributed by atoms with E-state index in [2.05, 4.69) is 15.2 Å². The van der Waals surface area contributed by atoms with Gasteiger partial charge in [-0.25, -0.2) is 9.37 Å². The van der Waals surface area contributed by atoms with Crippen molar-refractivity contribution >= 4 is 5.69 Å². The highest BCUT2D eigenvalue weighted by Crippen LogP contribution is 2.49. The number of aliphatic hydroxyl groups is 1. The van der Waals surface area contributed by atoms with Crippen molar-refractivity contribution in [1.82, 2.24) is 15.2 Å². The number of halogens is 7. The monoisotopic (exact) mass is 534 g/mol. The Morgan fingerprint density at radius 1 is 1.03 bits per heavy atom. The molecule has 3 heterocycles. The van der Waals surface area contributed by atoms with Gasteiger partial charge in [-0.1, -0.05) is 6.42 Å². The standard InChI is InChI=1S/C23H21F7N4O3/c24-13-8-12-4-1-2-5-21(6-3-7-35,23(28,29)30)20-34-33-19(37-20)17-16(31)11-15(22(25,26)27)18(32-17)36-14(9-12)10-13/h8-11,35H,1-7,31H2. The number of hydrogen-bond acceptors (Lipinski definition) is 7. The highest BCUT2D eigenvalue weighted by atomic mass is 19.4. The maximum Gasteiger partial charge on any atom is 0.421 e. The number of alkyl halides is 6. The van der Waals surface area contributed by atoms with E-state index in [0.717, 1.165) is 12.1 Å². The minimum Gasteiger partial charge on any atom is -0.438 e. The van der Waals surface area contributed by atoms with Crippen molar-refractivity contribution in [1.29, 1.82) is 0 Å². The largest absolute Gasteiger partial charge is 0.438 e.